The van der Waals surface area contributed by atoms with Gasteiger partial charge >= 0.3 is 0 Å². The maximum Gasteiger partial charge on any atom is 0.168 e. The largest absolute Gasteiger partial charge is 0.316 e. The van der Waals surface area contributed by atoms with Crippen molar-refractivity contribution in [2.75, 3.05) is 13.1 Å². The zero-order valence-electron chi connectivity index (χ0n) is 8.54. The van der Waals surface area contributed by atoms with Crippen LogP contribution in [0.25, 0.3) is 0 Å². The first-order valence-corrected chi connectivity index (χ1v) is 5.87. The number of hydrogen-bond acceptors (Lipinski definition) is 3. The zero-order chi connectivity index (χ0) is 10.1. The molecule has 0 amide bonds. The summed E-state index contributed by atoms with van der Waals surface area (Å²) in [5.74, 6) is 0.978. The van der Waals surface area contributed by atoms with Crippen LogP contribution in [-0.2, 0) is 0 Å². The van der Waals surface area contributed by atoms with E-state index in [0.717, 1.165) is 23.5 Å². The molecule has 14 heavy (non-hydrogen) atoms. The Hall–Kier alpha value is -0.670. The highest BCUT2D eigenvalue weighted by molar-refractivity contribution is 7.10. The first kappa shape index (κ1) is 9.87. The Bertz CT molecular complexity index is 345. The maximum atomic E-state index is 12.1. The fourth-order valence-corrected chi connectivity index (χ4v) is 2.71. The van der Waals surface area contributed by atoms with Gasteiger partial charge in [0.25, 0.3) is 0 Å². The number of Topliss-reactive ketones (excluding diaryl/α,β-unsaturated/α-hetero) is 1. The number of nitrogens with one attached hydrogen (secondary N) is 1. The first-order chi connectivity index (χ1) is 6.70. The summed E-state index contributed by atoms with van der Waals surface area (Å²) in [7, 11) is 0. The molecule has 0 bridgehead atoms. The van der Waals surface area contributed by atoms with Gasteiger partial charge in [-0.25, -0.2) is 0 Å². The minimum absolute atomic E-state index is 0.184. The molecule has 2 atom stereocenters. The van der Waals surface area contributed by atoms with Crippen molar-refractivity contribution in [3.05, 3.63) is 21.9 Å². The van der Waals surface area contributed by atoms with Gasteiger partial charge in [-0.05, 0) is 30.8 Å². The molecule has 76 valence electrons. The van der Waals surface area contributed by atoms with E-state index in [0.29, 0.717) is 11.7 Å². The summed E-state index contributed by atoms with van der Waals surface area (Å²) < 4.78 is 0. The highest BCUT2D eigenvalue weighted by atomic mass is 32.1. The Kier molecular flexibility index (Phi) is 2.70. The number of hydrogen-bond donors (Lipinski definition) is 1. The number of rotatable bonds is 2. The molecule has 1 aliphatic heterocycles. The topological polar surface area (TPSA) is 29.1 Å². The third kappa shape index (κ3) is 1.62. The average molecular weight is 209 g/mol. The van der Waals surface area contributed by atoms with Crippen LogP contribution in [0.5, 0.6) is 0 Å². The second kappa shape index (κ2) is 3.83. The standard InChI is InChI=1S/C11H15NOS/c1-7-5-12-6-10(7)11(13)9-3-4-14-8(9)2/h3-4,7,10,12H,5-6H2,1-2H3. The fourth-order valence-electron chi connectivity index (χ4n) is 2.00. The van der Waals surface area contributed by atoms with Crippen molar-refractivity contribution in [3.63, 3.8) is 0 Å². The predicted molar refractivity (Wildman–Crippen MR) is 58.9 cm³/mol. The predicted octanol–water partition coefficient (Wildman–Crippen LogP) is 2.09. The lowest BCUT2D eigenvalue weighted by Crippen LogP contribution is -2.21. The van der Waals surface area contributed by atoms with Crippen LogP contribution in [-0.4, -0.2) is 18.9 Å². The van der Waals surface area contributed by atoms with Crippen molar-refractivity contribution in [1.29, 1.82) is 0 Å². The van der Waals surface area contributed by atoms with E-state index in [2.05, 4.69) is 12.2 Å². The van der Waals surface area contributed by atoms with E-state index in [-0.39, 0.29) is 5.92 Å². The quantitative estimate of drug-likeness (QED) is 0.756. The van der Waals surface area contributed by atoms with E-state index in [1.165, 1.54) is 0 Å². The molecule has 0 aliphatic carbocycles. The van der Waals surface area contributed by atoms with Gasteiger partial charge in [-0.15, -0.1) is 11.3 Å². The Balaban J connectivity index is 2.20. The molecule has 0 radical (unpaired) electrons. The molecular weight excluding hydrogens is 194 g/mol. The Morgan fingerprint density at radius 1 is 1.57 bits per heavy atom. The molecule has 0 spiro atoms. The third-order valence-corrected chi connectivity index (χ3v) is 3.82. The van der Waals surface area contributed by atoms with E-state index >= 15 is 0 Å². The molecule has 1 saturated heterocycles. The van der Waals surface area contributed by atoms with Gasteiger partial charge in [0.1, 0.15) is 0 Å². The highest BCUT2D eigenvalue weighted by Gasteiger charge is 2.30. The van der Waals surface area contributed by atoms with Gasteiger partial charge in [-0.3, -0.25) is 4.79 Å². The van der Waals surface area contributed by atoms with Crippen molar-refractivity contribution in [2.24, 2.45) is 11.8 Å². The van der Waals surface area contributed by atoms with Gasteiger partial charge in [0.05, 0.1) is 0 Å². The normalized spacial score (nSPS) is 26.7. The highest BCUT2D eigenvalue weighted by Crippen LogP contribution is 2.24. The molecule has 1 aromatic heterocycles. The first-order valence-electron chi connectivity index (χ1n) is 4.99. The van der Waals surface area contributed by atoms with Crippen molar-refractivity contribution in [2.45, 2.75) is 13.8 Å². The summed E-state index contributed by atoms with van der Waals surface area (Å²) in [6, 6.07) is 1.95. The molecule has 0 saturated carbocycles. The second-order valence-corrected chi connectivity index (χ2v) is 5.12. The van der Waals surface area contributed by atoms with Crippen molar-refractivity contribution in [1.82, 2.24) is 5.32 Å². The van der Waals surface area contributed by atoms with Crippen LogP contribution in [0.2, 0.25) is 0 Å². The summed E-state index contributed by atoms with van der Waals surface area (Å²) >= 11 is 1.65. The fraction of sp³-hybridized carbons (Fsp3) is 0.545. The minimum Gasteiger partial charge on any atom is -0.316 e. The second-order valence-electron chi connectivity index (χ2n) is 4.00. The Morgan fingerprint density at radius 3 is 2.86 bits per heavy atom. The van der Waals surface area contributed by atoms with Gasteiger partial charge in [-0.1, -0.05) is 6.92 Å². The lowest BCUT2D eigenvalue weighted by Gasteiger charge is -2.12. The lowest BCUT2D eigenvalue weighted by molar-refractivity contribution is 0.0907. The molecule has 2 heterocycles. The van der Waals surface area contributed by atoms with E-state index < -0.39 is 0 Å². The summed E-state index contributed by atoms with van der Waals surface area (Å²) in [6.45, 7) is 5.98. The van der Waals surface area contributed by atoms with Crippen LogP contribution >= 0.6 is 11.3 Å². The van der Waals surface area contributed by atoms with E-state index in [1.807, 2.05) is 18.4 Å². The molecular formula is C11H15NOS. The molecule has 2 rings (SSSR count). The number of aryl methyl sites for hydroxylation is 1. The maximum absolute atomic E-state index is 12.1. The molecule has 0 aromatic carbocycles. The molecule has 2 nitrogen and oxygen atoms in total. The number of thiophene rings is 1. The van der Waals surface area contributed by atoms with Crippen molar-refractivity contribution in [3.8, 4) is 0 Å². The van der Waals surface area contributed by atoms with Gasteiger partial charge in [-0.2, -0.15) is 0 Å². The average Bonchev–Trinajstić information content (AvgIpc) is 2.73. The Labute approximate surface area is 88.3 Å². The zero-order valence-corrected chi connectivity index (χ0v) is 9.36. The molecule has 2 unspecified atom stereocenters. The minimum atomic E-state index is 0.184. The molecule has 1 N–H and O–H groups in total. The van der Waals surface area contributed by atoms with Gasteiger partial charge in [0, 0.05) is 22.9 Å². The third-order valence-electron chi connectivity index (χ3n) is 2.98. The van der Waals surface area contributed by atoms with E-state index in [9.17, 15) is 4.79 Å². The van der Waals surface area contributed by atoms with Crippen molar-refractivity contribution >= 4 is 17.1 Å². The van der Waals surface area contributed by atoms with Crippen LogP contribution in [0.4, 0.5) is 0 Å². The van der Waals surface area contributed by atoms with Gasteiger partial charge < -0.3 is 5.32 Å². The summed E-state index contributed by atoms with van der Waals surface area (Å²) in [5.41, 5.74) is 0.926. The molecule has 1 aliphatic rings. The van der Waals surface area contributed by atoms with Gasteiger partial charge in [0.2, 0.25) is 0 Å². The van der Waals surface area contributed by atoms with Crippen LogP contribution < -0.4 is 5.32 Å². The van der Waals surface area contributed by atoms with Gasteiger partial charge in [0.15, 0.2) is 5.78 Å². The van der Waals surface area contributed by atoms with Crippen molar-refractivity contribution < 1.29 is 4.79 Å². The number of ketones is 1. The molecule has 1 aromatic rings. The summed E-state index contributed by atoms with van der Waals surface area (Å²) in [6.07, 6.45) is 0. The Morgan fingerprint density at radius 2 is 2.36 bits per heavy atom. The summed E-state index contributed by atoms with van der Waals surface area (Å²) in [4.78, 5) is 13.3. The number of carbonyl (C=O) groups is 1. The van der Waals surface area contributed by atoms with Crippen LogP contribution in [0, 0.1) is 18.8 Å². The lowest BCUT2D eigenvalue weighted by atomic mass is 9.90. The SMILES string of the molecule is Cc1sccc1C(=O)C1CNCC1C. The summed E-state index contributed by atoms with van der Waals surface area (Å²) in [5, 5.41) is 5.26. The van der Waals surface area contributed by atoms with Crippen LogP contribution in [0.3, 0.4) is 0 Å². The number of carbonyl (C=O) groups excluding carboxylic acids is 1. The molecule has 1 fully saturated rings. The van der Waals surface area contributed by atoms with Crippen LogP contribution in [0.15, 0.2) is 11.4 Å². The van der Waals surface area contributed by atoms with E-state index in [4.69, 9.17) is 0 Å². The van der Waals surface area contributed by atoms with Crippen LogP contribution in [0.1, 0.15) is 22.2 Å². The van der Waals surface area contributed by atoms with E-state index in [1.54, 1.807) is 11.3 Å². The monoisotopic (exact) mass is 209 g/mol. The smallest absolute Gasteiger partial charge is 0.168 e. The molecule has 3 heteroatoms.